The molecule has 0 unspecified atom stereocenters. The SMILES string of the molecule is CN(C)CCNc1nc(N)nc(NCCN(C)C)c1N=O. The van der Waals surface area contributed by atoms with Crippen LogP contribution in [-0.4, -0.2) is 74.1 Å². The van der Waals surface area contributed by atoms with Gasteiger partial charge in [0.1, 0.15) is 0 Å². The average Bonchev–Trinajstić information content (AvgIpc) is 2.37. The van der Waals surface area contributed by atoms with E-state index in [1.165, 1.54) is 0 Å². The molecule has 0 atom stereocenters. The largest absolute Gasteiger partial charge is 0.368 e. The lowest BCUT2D eigenvalue weighted by molar-refractivity contribution is 0.425. The van der Waals surface area contributed by atoms with Crippen molar-refractivity contribution in [3.63, 3.8) is 0 Å². The van der Waals surface area contributed by atoms with E-state index in [-0.39, 0.29) is 11.6 Å². The highest BCUT2D eigenvalue weighted by Crippen LogP contribution is 2.30. The second-order valence-corrected chi connectivity index (χ2v) is 5.18. The lowest BCUT2D eigenvalue weighted by atomic mass is 10.4. The summed E-state index contributed by atoms with van der Waals surface area (Å²) in [5.74, 6) is 0.806. The topological polar surface area (TPSA) is 112 Å². The lowest BCUT2D eigenvalue weighted by Crippen LogP contribution is -2.22. The molecule has 21 heavy (non-hydrogen) atoms. The molecule has 1 aromatic heterocycles. The molecule has 0 saturated heterocycles. The van der Waals surface area contributed by atoms with E-state index in [4.69, 9.17) is 5.73 Å². The van der Waals surface area contributed by atoms with Crippen molar-refractivity contribution in [3.8, 4) is 0 Å². The molecule has 0 bridgehead atoms. The molecule has 1 aromatic rings. The fourth-order valence-electron chi connectivity index (χ4n) is 1.60. The van der Waals surface area contributed by atoms with Crippen LogP contribution in [-0.2, 0) is 0 Å². The van der Waals surface area contributed by atoms with E-state index in [0.29, 0.717) is 24.7 Å². The summed E-state index contributed by atoms with van der Waals surface area (Å²) in [4.78, 5) is 23.2. The van der Waals surface area contributed by atoms with Crippen LogP contribution in [0.25, 0.3) is 0 Å². The number of likely N-dealkylation sites (N-methyl/N-ethyl adjacent to an activating group) is 2. The fraction of sp³-hybridized carbons (Fsp3) is 0.667. The molecule has 0 radical (unpaired) electrons. The summed E-state index contributed by atoms with van der Waals surface area (Å²) in [5.41, 5.74) is 5.83. The maximum Gasteiger partial charge on any atom is 0.224 e. The number of nitrogens with two attached hydrogens (primary N) is 1. The highest BCUT2D eigenvalue weighted by molar-refractivity contribution is 5.75. The van der Waals surface area contributed by atoms with Crippen molar-refractivity contribution in [3.05, 3.63) is 4.91 Å². The molecule has 0 aliphatic rings. The summed E-state index contributed by atoms with van der Waals surface area (Å²) in [7, 11) is 7.85. The number of aromatic nitrogens is 2. The van der Waals surface area contributed by atoms with Gasteiger partial charge in [-0.15, -0.1) is 4.91 Å². The maximum atomic E-state index is 11.1. The number of nitrogens with zero attached hydrogens (tertiary/aromatic N) is 5. The molecular weight excluding hydrogens is 272 g/mol. The van der Waals surface area contributed by atoms with Crippen LogP contribution in [0.5, 0.6) is 0 Å². The smallest absolute Gasteiger partial charge is 0.224 e. The summed E-state index contributed by atoms with van der Waals surface area (Å²) < 4.78 is 0. The van der Waals surface area contributed by atoms with Crippen LogP contribution in [0.2, 0.25) is 0 Å². The highest BCUT2D eigenvalue weighted by atomic mass is 16.3. The Morgan fingerprint density at radius 2 is 1.43 bits per heavy atom. The zero-order chi connectivity index (χ0) is 15.8. The quantitative estimate of drug-likeness (QED) is 0.562. The van der Waals surface area contributed by atoms with Gasteiger partial charge in [-0.05, 0) is 33.4 Å². The van der Waals surface area contributed by atoms with Crippen LogP contribution in [0.3, 0.4) is 0 Å². The summed E-state index contributed by atoms with van der Waals surface area (Å²) in [6.07, 6.45) is 0. The lowest BCUT2D eigenvalue weighted by Gasteiger charge is -2.15. The van der Waals surface area contributed by atoms with E-state index >= 15 is 0 Å². The number of hydrogen-bond donors (Lipinski definition) is 3. The number of nitrogen functional groups attached to an aromatic ring is 1. The Labute approximate surface area is 124 Å². The minimum Gasteiger partial charge on any atom is -0.368 e. The molecule has 9 heteroatoms. The predicted octanol–water partition coefficient (Wildman–Crippen LogP) is 0.404. The van der Waals surface area contributed by atoms with Gasteiger partial charge in [-0.2, -0.15) is 9.97 Å². The van der Waals surface area contributed by atoms with Crippen LogP contribution < -0.4 is 16.4 Å². The van der Waals surface area contributed by atoms with Crippen molar-refractivity contribution in [1.29, 1.82) is 0 Å². The van der Waals surface area contributed by atoms with Crippen LogP contribution in [0.15, 0.2) is 5.18 Å². The second kappa shape index (κ2) is 8.32. The predicted molar refractivity (Wildman–Crippen MR) is 86.0 cm³/mol. The number of nitroso groups, excluding NO2 is 1. The van der Waals surface area contributed by atoms with Crippen molar-refractivity contribution < 1.29 is 0 Å². The van der Waals surface area contributed by atoms with Gasteiger partial charge < -0.3 is 26.2 Å². The first-order chi connectivity index (χ1) is 9.93. The van der Waals surface area contributed by atoms with E-state index in [1.54, 1.807) is 0 Å². The number of rotatable bonds is 9. The minimum atomic E-state index is 0.0992. The molecule has 0 aliphatic carbocycles. The van der Waals surface area contributed by atoms with Crippen molar-refractivity contribution in [2.24, 2.45) is 5.18 Å². The Morgan fingerprint density at radius 1 is 1.00 bits per heavy atom. The maximum absolute atomic E-state index is 11.1. The molecule has 0 fully saturated rings. The second-order valence-electron chi connectivity index (χ2n) is 5.18. The van der Waals surface area contributed by atoms with Gasteiger partial charge in [-0.3, -0.25) is 0 Å². The van der Waals surface area contributed by atoms with E-state index < -0.39 is 0 Å². The Balaban J connectivity index is 2.82. The molecular formula is C12H24N8O. The Hall–Kier alpha value is -2.00. The number of hydrogen-bond acceptors (Lipinski definition) is 9. The molecule has 0 amide bonds. The van der Waals surface area contributed by atoms with E-state index in [0.717, 1.165) is 13.1 Å². The van der Waals surface area contributed by atoms with Gasteiger partial charge in [0.25, 0.3) is 0 Å². The molecule has 1 heterocycles. The Kier molecular flexibility index (Phi) is 6.76. The molecule has 1 rings (SSSR count). The Bertz CT molecular complexity index is 428. The number of nitrogens with one attached hydrogen (secondary N) is 2. The van der Waals surface area contributed by atoms with Gasteiger partial charge in [-0.1, -0.05) is 0 Å². The van der Waals surface area contributed by atoms with E-state index in [9.17, 15) is 4.91 Å². The summed E-state index contributed by atoms with van der Waals surface area (Å²) in [6.45, 7) is 2.85. The number of anilines is 3. The van der Waals surface area contributed by atoms with Gasteiger partial charge in [0.2, 0.25) is 5.95 Å². The van der Waals surface area contributed by atoms with Crippen molar-refractivity contribution in [2.45, 2.75) is 0 Å². The van der Waals surface area contributed by atoms with E-state index in [2.05, 4.69) is 25.8 Å². The normalized spacial score (nSPS) is 11.0. The summed E-state index contributed by atoms with van der Waals surface area (Å²) in [6, 6.07) is 0. The molecule has 9 nitrogen and oxygen atoms in total. The van der Waals surface area contributed by atoms with Crippen molar-refractivity contribution in [2.75, 3.05) is 70.7 Å². The molecule has 0 saturated carbocycles. The Morgan fingerprint density at radius 3 is 1.76 bits per heavy atom. The van der Waals surface area contributed by atoms with Crippen molar-refractivity contribution >= 4 is 23.3 Å². The molecule has 0 spiro atoms. The van der Waals surface area contributed by atoms with E-state index in [1.807, 2.05) is 38.0 Å². The summed E-state index contributed by atoms with van der Waals surface area (Å²) in [5, 5.41) is 9.14. The zero-order valence-corrected chi connectivity index (χ0v) is 13.1. The molecule has 0 aliphatic heterocycles. The standard InChI is InChI=1S/C12H24N8O/c1-19(2)7-5-14-10-9(18-21)11(17-12(13)16-10)15-6-8-20(3)4/h5-8H2,1-4H3,(H4,13,14,15,16,17). The molecule has 118 valence electrons. The first-order valence-electron chi connectivity index (χ1n) is 6.72. The van der Waals surface area contributed by atoms with Gasteiger partial charge in [0, 0.05) is 26.2 Å². The zero-order valence-electron chi connectivity index (χ0n) is 13.1. The highest BCUT2D eigenvalue weighted by Gasteiger charge is 2.14. The van der Waals surface area contributed by atoms with Gasteiger partial charge in [0.15, 0.2) is 17.3 Å². The minimum absolute atomic E-state index is 0.0992. The first kappa shape index (κ1) is 17.1. The third-order valence-electron chi connectivity index (χ3n) is 2.70. The first-order valence-corrected chi connectivity index (χ1v) is 6.72. The van der Waals surface area contributed by atoms with Crippen LogP contribution >= 0.6 is 0 Å². The van der Waals surface area contributed by atoms with Crippen LogP contribution in [0, 0.1) is 4.91 Å². The third kappa shape index (κ3) is 5.88. The average molecular weight is 296 g/mol. The molecule has 0 aromatic carbocycles. The fourth-order valence-corrected chi connectivity index (χ4v) is 1.60. The summed E-state index contributed by atoms with van der Waals surface area (Å²) >= 11 is 0. The molecule has 4 N–H and O–H groups in total. The van der Waals surface area contributed by atoms with Gasteiger partial charge >= 0.3 is 0 Å². The van der Waals surface area contributed by atoms with Crippen LogP contribution in [0.4, 0.5) is 23.3 Å². The van der Waals surface area contributed by atoms with Gasteiger partial charge in [0.05, 0.1) is 0 Å². The van der Waals surface area contributed by atoms with Crippen molar-refractivity contribution in [1.82, 2.24) is 19.8 Å². The third-order valence-corrected chi connectivity index (χ3v) is 2.70. The monoisotopic (exact) mass is 296 g/mol. The van der Waals surface area contributed by atoms with Crippen LogP contribution in [0.1, 0.15) is 0 Å². The van der Waals surface area contributed by atoms with Gasteiger partial charge in [-0.25, -0.2) is 0 Å².